The van der Waals surface area contributed by atoms with Crippen LogP contribution in [0.4, 0.5) is 5.69 Å². The summed E-state index contributed by atoms with van der Waals surface area (Å²) in [5.74, 6) is 2.72. The van der Waals surface area contributed by atoms with Gasteiger partial charge in [-0.1, -0.05) is 18.2 Å². The van der Waals surface area contributed by atoms with E-state index in [4.69, 9.17) is 9.73 Å². The Balaban J connectivity index is 1.39. The zero-order valence-corrected chi connectivity index (χ0v) is 18.1. The molecule has 0 amide bonds. The molecule has 2 aromatic heterocycles. The Morgan fingerprint density at radius 2 is 1.97 bits per heavy atom. The summed E-state index contributed by atoms with van der Waals surface area (Å²) in [7, 11) is 1.72. The molecule has 8 nitrogen and oxygen atoms in total. The summed E-state index contributed by atoms with van der Waals surface area (Å²) in [4.78, 5) is 18.1. The van der Waals surface area contributed by atoms with Crippen LogP contribution in [0.1, 0.15) is 12.5 Å². The normalized spacial score (nSPS) is 14.6. The number of piperazine rings is 1. The molecule has 3 heterocycles. The number of rotatable bonds is 6. The van der Waals surface area contributed by atoms with Crippen molar-refractivity contribution in [2.24, 2.45) is 4.99 Å². The monoisotopic (exact) mass is 419 g/mol. The molecule has 0 spiro atoms. The van der Waals surface area contributed by atoms with Crippen molar-refractivity contribution in [3.05, 3.63) is 66.9 Å². The van der Waals surface area contributed by atoms with E-state index in [1.54, 1.807) is 19.6 Å². The van der Waals surface area contributed by atoms with Crippen LogP contribution in [-0.2, 0) is 6.54 Å². The van der Waals surface area contributed by atoms with Gasteiger partial charge in [0.1, 0.15) is 17.9 Å². The Kier molecular flexibility index (Phi) is 6.66. The quantitative estimate of drug-likeness (QED) is 0.489. The number of aliphatic imine (C=N–C) groups is 1. The van der Waals surface area contributed by atoms with E-state index in [9.17, 15) is 0 Å². The van der Waals surface area contributed by atoms with E-state index in [0.717, 1.165) is 61.5 Å². The molecule has 3 aromatic rings. The molecule has 1 N–H and O–H groups in total. The summed E-state index contributed by atoms with van der Waals surface area (Å²) in [6, 6.07) is 12.3. The molecule has 1 aliphatic rings. The molecule has 1 saturated heterocycles. The van der Waals surface area contributed by atoms with Gasteiger partial charge in [0, 0.05) is 51.3 Å². The van der Waals surface area contributed by atoms with Crippen LogP contribution in [0, 0.1) is 0 Å². The predicted molar refractivity (Wildman–Crippen MR) is 123 cm³/mol. The van der Waals surface area contributed by atoms with Gasteiger partial charge in [-0.25, -0.2) is 15.0 Å². The first-order chi connectivity index (χ1) is 15.3. The van der Waals surface area contributed by atoms with Crippen LogP contribution in [0.25, 0.3) is 5.82 Å². The summed E-state index contributed by atoms with van der Waals surface area (Å²) < 4.78 is 7.42. The van der Waals surface area contributed by atoms with Gasteiger partial charge >= 0.3 is 0 Å². The molecule has 0 bridgehead atoms. The summed E-state index contributed by atoms with van der Waals surface area (Å²) in [5.41, 5.74) is 2.22. The van der Waals surface area contributed by atoms with Crippen molar-refractivity contribution < 1.29 is 4.74 Å². The Morgan fingerprint density at radius 3 is 2.65 bits per heavy atom. The Hall–Kier alpha value is -3.55. The van der Waals surface area contributed by atoms with E-state index in [-0.39, 0.29) is 0 Å². The standard InChI is InChI=1S/C23H29N7O/c1-3-25-23(27-17-19-8-9-22(26-16-19)30-11-10-24-18-30)29-14-12-28(13-15-29)20-6-4-5-7-21(20)31-2/h4-11,16,18H,3,12-15,17H2,1-2H3,(H,25,27). The largest absolute Gasteiger partial charge is 0.495 e. The van der Waals surface area contributed by atoms with Gasteiger partial charge in [-0.3, -0.25) is 4.57 Å². The second-order valence-corrected chi connectivity index (χ2v) is 7.31. The summed E-state index contributed by atoms with van der Waals surface area (Å²) in [5, 5.41) is 3.43. The molecule has 0 atom stereocenters. The fourth-order valence-electron chi connectivity index (χ4n) is 3.70. The number of methoxy groups -OCH3 is 1. The lowest BCUT2D eigenvalue weighted by Crippen LogP contribution is -2.52. The SMILES string of the molecule is CCNC(=NCc1ccc(-n2ccnc2)nc1)N1CCN(c2ccccc2OC)CC1. The molecule has 4 rings (SSSR count). The highest BCUT2D eigenvalue weighted by Gasteiger charge is 2.21. The molecular weight excluding hydrogens is 390 g/mol. The van der Waals surface area contributed by atoms with E-state index in [1.165, 1.54) is 0 Å². The molecule has 31 heavy (non-hydrogen) atoms. The van der Waals surface area contributed by atoms with E-state index >= 15 is 0 Å². The number of hydrogen-bond acceptors (Lipinski definition) is 5. The first-order valence-corrected chi connectivity index (χ1v) is 10.6. The average Bonchev–Trinajstić information content (AvgIpc) is 3.37. The molecule has 1 fully saturated rings. The molecule has 1 aromatic carbocycles. The summed E-state index contributed by atoms with van der Waals surface area (Å²) in [6.45, 7) is 7.18. The third-order valence-corrected chi connectivity index (χ3v) is 5.33. The predicted octanol–water partition coefficient (Wildman–Crippen LogP) is 2.56. The number of imidazole rings is 1. The minimum absolute atomic E-state index is 0.590. The fourth-order valence-corrected chi connectivity index (χ4v) is 3.70. The Labute approximate surface area is 183 Å². The highest BCUT2D eigenvalue weighted by molar-refractivity contribution is 5.80. The van der Waals surface area contributed by atoms with Crippen LogP contribution in [0.3, 0.4) is 0 Å². The van der Waals surface area contributed by atoms with Crippen molar-refractivity contribution in [3.63, 3.8) is 0 Å². The average molecular weight is 420 g/mol. The maximum absolute atomic E-state index is 5.53. The van der Waals surface area contributed by atoms with Crippen molar-refractivity contribution in [3.8, 4) is 11.6 Å². The lowest BCUT2D eigenvalue weighted by Gasteiger charge is -2.38. The number of benzene rings is 1. The smallest absolute Gasteiger partial charge is 0.194 e. The molecule has 0 unspecified atom stereocenters. The van der Waals surface area contributed by atoms with Crippen molar-refractivity contribution in [1.82, 2.24) is 24.8 Å². The summed E-state index contributed by atoms with van der Waals surface area (Å²) >= 11 is 0. The van der Waals surface area contributed by atoms with Gasteiger partial charge in [0.25, 0.3) is 0 Å². The van der Waals surface area contributed by atoms with Gasteiger partial charge in [0.2, 0.25) is 0 Å². The van der Waals surface area contributed by atoms with Crippen LogP contribution < -0.4 is 15.0 Å². The zero-order valence-electron chi connectivity index (χ0n) is 18.1. The van der Waals surface area contributed by atoms with Crippen LogP contribution in [-0.4, -0.2) is 65.2 Å². The summed E-state index contributed by atoms with van der Waals surface area (Å²) in [6.07, 6.45) is 7.25. The number of ether oxygens (including phenoxy) is 1. The Bertz CT molecular complexity index is 977. The maximum atomic E-state index is 5.53. The van der Waals surface area contributed by atoms with Crippen molar-refractivity contribution >= 4 is 11.6 Å². The number of pyridine rings is 1. The Morgan fingerprint density at radius 1 is 1.13 bits per heavy atom. The lowest BCUT2D eigenvalue weighted by molar-refractivity contribution is 0.367. The van der Waals surface area contributed by atoms with Gasteiger partial charge < -0.3 is 19.9 Å². The van der Waals surface area contributed by atoms with E-state index in [0.29, 0.717) is 6.54 Å². The first kappa shape index (κ1) is 20.7. The zero-order chi connectivity index (χ0) is 21.5. The number of guanidine groups is 1. The molecule has 0 radical (unpaired) electrons. The molecule has 0 saturated carbocycles. The third kappa shape index (κ3) is 4.96. The lowest BCUT2D eigenvalue weighted by atomic mass is 10.2. The van der Waals surface area contributed by atoms with Gasteiger partial charge in [-0.05, 0) is 30.7 Å². The molecular formula is C23H29N7O. The third-order valence-electron chi connectivity index (χ3n) is 5.33. The topological polar surface area (TPSA) is 70.8 Å². The van der Waals surface area contributed by atoms with E-state index in [1.807, 2.05) is 35.2 Å². The van der Waals surface area contributed by atoms with Crippen LogP contribution in [0.5, 0.6) is 5.75 Å². The number of para-hydroxylation sites is 2. The van der Waals surface area contributed by atoms with E-state index in [2.05, 4.69) is 50.2 Å². The van der Waals surface area contributed by atoms with Crippen molar-refractivity contribution in [2.75, 3.05) is 44.7 Å². The maximum Gasteiger partial charge on any atom is 0.194 e. The van der Waals surface area contributed by atoms with Gasteiger partial charge in [-0.15, -0.1) is 0 Å². The van der Waals surface area contributed by atoms with Crippen LogP contribution in [0.2, 0.25) is 0 Å². The van der Waals surface area contributed by atoms with Crippen molar-refractivity contribution in [1.29, 1.82) is 0 Å². The molecule has 162 valence electrons. The van der Waals surface area contributed by atoms with Crippen LogP contribution >= 0.6 is 0 Å². The van der Waals surface area contributed by atoms with E-state index < -0.39 is 0 Å². The van der Waals surface area contributed by atoms with Crippen LogP contribution in [0.15, 0.2) is 66.3 Å². The van der Waals surface area contributed by atoms with Crippen molar-refractivity contribution in [2.45, 2.75) is 13.5 Å². The number of nitrogens with zero attached hydrogens (tertiary/aromatic N) is 6. The number of aromatic nitrogens is 3. The highest BCUT2D eigenvalue weighted by Crippen LogP contribution is 2.28. The second-order valence-electron chi connectivity index (χ2n) is 7.31. The van der Waals surface area contributed by atoms with Gasteiger partial charge in [0.15, 0.2) is 5.96 Å². The minimum Gasteiger partial charge on any atom is -0.495 e. The molecule has 0 aliphatic carbocycles. The molecule has 8 heteroatoms. The van der Waals surface area contributed by atoms with Gasteiger partial charge in [0.05, 0.1) is 19.3 Å². The minimum atomic E-state index is 0.590. The fraction of sp³-hybridized carbons (Fsp3) is 0.348. The number of hydrogen-bond donors (Lipinski definition) is 1. The molecule has 1 aliphatic heterocycles. The first-order valence-electron chi connectivity index (χ1n) is 10.6. The number of nitrogens with one attached hydrogen (secondary N) is 1. The second kappa shape index (κ2) is 9.97. The van der Waals surface area contributed by atoms with Gasteiger partial charge in [-0.2, -0.15) is 0 Å². The highest BCUT2D eigenvalue weighted by atomic mass is 16.5. The number of anilines is 1.